The van der Waals surface area contributed by atoms with Gasteiger partial charge in [-0.05, 0) is 12.5 Å². The maximum Gasteiger partial charge on any atom is 0.410 e. The van der Waals surface area contributed by atoms with Gasteiger partial charge >= 0.3 is 6.09 Å². The second-order valence-electron chi connectivity index (χ2n) is 5.76. The molecule has 2 amide bonds. The molecule has 2 fully saturated rings. The molecule has 0 aromatic heterocycles. The molecule has 6 heteroatoms. The van der Waals surface area contributed by atoms with Crippen molar-refractivity contribution < 1.29 is 14.3 Å². The molecule has 0 saturated carbocycles. The van der Waals surface area contributed by atoms with Crippen molar-refractivity contribution in [3.63, 3.8) is 0 Å². The van der Waals surface area contributed by atoms with Gasteiger partial charge in [-0.15, -0.1) is 0 Å². The molecule has 6 nitrogen and oxygen atoms in total. The summed E-state index contributed by atoms with van der Waals surface area (Å²) in [6.07, 6.45) is -0.421. The summed E-state index contributed by atoms with van der Waals surface area (Å²) in [6, 6.07) is 9.13. The lowest BCUT2D eigenvalue weighted by Crippen LogP contribution is -2.67. The first-order valence-electron chi connectivity index (χ1n) is 7.65. The summed E-state index contributed by atoms with van der Waals surface area (Å²) < 4.78 is 5.36. The van der Waals surface area contributed by atoms with Gasteiger partial charge in [-0.1, -0.05) is 30.3 Å². The highest BCUT2D eigenvalue weighted by Gasteiger charge is 2.41. The van der Waals surface area contributed by atoms with Gasteiger partial charge in [-0.3, -0.25) is 9.69 Å². The van der Waals surface area contributed by atoms with Crippen LogP contribution in [0.15, 0.2) is 30.3 Å². The predicted molar refractivity (Wildman–Crippen MR) is 81.2 cm³/mol. The number of nitrogens with zero attached hydrogens (tertiary/aromatic N) is 2. The fourth-order valence-corrected chi connectivity index (χ4v) is 3.01. The monoisotopic (exact) mass is 303 g/mol. The summed E-state index contributed by atoms with van der Waals surface area (Å²) in [5.74, 6) is 0.00871. The molecule has 2 aliphatic rings. The number of carbonyl (C=O) groups is 2. The van der Waals surface area contributed by atoms with Gasteiger partial charge in [0.15, 0.2) is 0 Å². The summed E-state index contributed by atoms with van der Waals surface area (Å²) >= 11 is 0. The highest BCUT2D eigenvalue weighted by atomic mass is 16.6. The Kier molecular flexibility index (Phi) is 4.29. The molecule has 1 aromatic carbocycles. The van der Waals surface area contributed by atoms with Crippen molar-refractivity contribution in [3.8, 4) is 0 Å². The van der Waals surface area contributed by atoms with Gasteiger partial charge in [-0.25, -0.2) is 4.79 Å². The van der Waals surface area contributed by atoms with E-state index >= 15 is 0 Å². The third kappa shape index (κ3) is 2.92. The van der Waals surface area contributed by atoms with Crippen molar-refractivity contribution in [1.82, 2.24) is 15.1 Å². The number of rotatable bonds is 2. The quantitative estimate of drug-likeness (QED) is 0.879. The molecule has 2 atom stereocenters. The Morgan fingerprint density at radius 3 is 2.91 bits per heavy atom. The molecule has 0 spiro atoms. The fraction of sp³-hybridized carbons (Fsp3) is 0.500. The first-order valence-corrected chi connectivity index (χ1v) is 7.65. The van der Waals surface area contributed by atoms with Gasteiger partial charge in [0.25, 0.3) is 0 Å². The highest BCUT2D eigenvalue weighted by Crippen LogP contribution is 2.19. The van der Waals surface area contributed by atoms with Crippen molar-refractivity contribution >= 4 is 12.0 Å². The summed E-state index contributed by atoms with van der Waals surface area (Å²) in [5.41, 5.74) is 0.938. The number of hydrogen-bond acceptors (Lipinski definition) is 4. The summed E-state index contributed by atoms with van der Waals surface area (Å²) in [7, 11) is 0. The Morgan fingerprint density at radius 2 is 2.14 bits per heavy atom. The second kappa shape index (κ2) is 6.36. The van der Waals surface area contributed by atoms with Gasteiger partial charge in [0.2, 0.25) is 5.91 Å². The van der Waals surface area contributed by atoms with E-state index in [1.54, 1.807) is 11.8 Å². The smallest absolute Gasteiger partial charge is 0.410 e. The van der Waals surface area contributed by atoms with E-state index in [4.69, 9.17) is 4.74 Å². The first kappa shape index (κ1) is 14.8. The minimum absolute atomic E-state index is 0.00871. The molecule has 1 aromatic rings. The molecule has 0 radical (unpaired) electrons. The minimum Gasteiger partial charge on any atom is -0.445 e. The lowest BCUT2D eigenvalue weighted by molar-refractivity contribution is -0.145. The highest BCUT2D eigenvalue weighted by molar-refractivity contribution is 5.87. The van der Waals surface area contributed by atoms with Gasteiger partial charge < -0.3 is 15.0 Å². The molecule has 2 aliphatic heterocycles. The van der Waals surface area contributed by atoms with Gasteiger partial charge in [0, 0.05) is 26.2 Å². The lowest BCUT2D eigenvalue weighted by atomic mass is 10.1. The summed E-state index contributed by atoms with van der Waals surface area (Å²) in [4.78, 5) is 28.1. The van der Waals surface area contributed by atoms with E-state index in [0.717, 1.165) is 18.7 Å². The van der Waals surface area contributed by atoms with Gasteiger partial charge in [0.1, 0.15) is 12.6 Å². The van der Waals surface area contributed by atoms with Crippen LogP contribution in [0.4, 0.5) is 4.79 Å². The van der Waals surface area contributed by atoms with Gasteiger partial charge in [0.05, 0.1) is 6.04 Å². The Balaban J connectivity index is 1.63. The van der Waals surface area contributed by atoms with Crippen LogP contribution in [0, 0.1) is 0 Å². The van der Waals surface area contributed by atoms with E-state index in [2.05, 4.69) is 5.32 Å². The van der Waals surface area contributed by atoms with Crippen molar-refractivity contribution in [2.24, 2.45) is 0 Å². The molecule has 0 aliphatic carbocycles. The fourth-order valence-electron chi connectivity index (χ4n) is 3.01. The Hall–Kier alpha value is -2.08. The maximum atomic E-state index is 12.4. The molecule has 0 bridgehead atoms. The Bertz CT molecular complexity index is 549. The van der Waals surface area contributed by atoms with E-state index in [9.17, 15) is 9.59 Å². The van der Waals surface area contributed by atoms with Crippen molar-refractivity contribution in [3.05, 3.63) is 35.9 Å². The number of hydrogen-bond donors (Lipinski definition) is 1. The van der Waals surface area contributed by atoms with E-state index in [0.29, 0.717) is 13.1 Å². The Morgan fingerprint density at radius 1 is 1.36 bits per heavy atom. The van der Waals surface area contributed by atoms with Crippen molar-refractivity contribution in [2.45, 2.75) is 25.6 Å². The third-order valence-corrected chi connectivity index (χ3v) is 4.31. The number of carbonyl (C=O) groups excluding carboxylic acids is 2. The largest absolute Gasteiger partial charge is 0.445 e. The number of benzene rings is 1. The standard InChI is InChI=1S/C16H21N3O3/c1-12-15(20)18-8-7-17-9-14(18)10-19(12)16(21)22-11-13-5-3-2-4-6-13/h2-6,12,14,17H,7-11H2,1H3/t12-,14-/m0/s1. The van der Waals surface area contributed by atoms with E-state index in [1.165, 1.54) is 0 Å². The van der Waals surface area contributed by atoms with E-state index in [-0.39, 0.29) is 18.6 Å². The topological polar surface area (TPSA) is 61.9 Å². The van der Waals surface area contributed by atoms with Crippen LogP contribution in [0.1, 0.15) is 12.5 Å². The molecular formula is C16H21N3O3. The SMILES string of the molecule is C[C@H]1C(=O)N2CCNC[C@H]2CN1C(=O)OCc1ccccc1. The first-order chi connectivity index (χ1) is 10.7. The number of piperazine rings is 2. The van der Waals surface area contributed by atoms with Gasteiger partial charge in [-0.2, -0.15) is 0 Å². The second-order valence-corrected chi connectivity index (χ2v) is 5.76. The van der Waals surface area contributed by atoms with E-state index in [1.807, 2.05) is 35.2 Å². The molecule has 2 heterocycles. The van der Waals surface area contributed by atoms with Crippen LogP contribution < -0.4 is 5.32 Å². The van der Waals surface area contributed by atoms with Crippen LogP contribution in [0.2, 0.25) is 0 Å². The number of fused-ring (bicyclic) bond motifs is 1. The minimum atomic E-state index is -0.461. The summed E-state index contributed by atoms with van der Waals surface area (Å²) in [6.45, 7) is 4.76. The molecule has 3 rings (SSSR count). The average Bonchev–Trinajstić information content (AvgIpc) is 2.57. The van der Waals surface area contributed by atoms with Crippen LogP contribution in [-0.4, -0.2) is 60.1 Å². The van der Waals surface area contributed by atoms with Crippen molar-refractivity contribution in [2.75, 3.05) is 26.2 Å². The zero-order valence-electron chi connectivity index (χ0n) is 12.7. The van der Waals surface area contributed by atoms with Crippen LogP contribution >= 0.6 is 0 Å². The molecule has 0 unspecified atom stereocenters. The lowest BCUT2D eigenvalue weighted by Gasteiger charge is -2.46. The van der Waals surface area contributed by atoms with Crippen LogP contribution in [0.25, 0.3) is 0 Å². The number of nitrogens with one attached hydrogen (secondary N) is 1. The van der Waals surface area contributed by atoms with Crippen LogP contribution in [0.3, 0.4) is 0 Å². The molecule has 2 saturated heterocycles. The summed E-state index contributed by atoms with van der Waals surface area (Å²) in [5, 5.41) is 3.26. The third-order valence-electron chi connectivity index (χ3n) is 4.31. The number of amides is 2. The van der Waals surface area contributed by atoms with Crippen molar-refractivity contribution in [1.29, 1.82) is 0 Å². The number of ether oxygens (including phenoxy) is 1. The zero-order chi connectivity index (χ0) is 15.5. The van der Waals surface area contributed by atoms with Crippen LogP contribution in [0.5, 0.6) is 0 Å². The Labute approximate surface area is 130 Å². The molecule has 1 N–H and O–H groups in total. The maximum absolute atomic E-state index is 12.4. The predicted octanol–water partition coefficient (Wildman–Crippen LogP) is 0.828. The zero-order valence-corrected chi connectivity index (χ0v) is 12.7. The molecule has 22 heavy (non-hydrogen) atoms. The molecular weight excluding hydrogens is 282 g/mol. The average molecular weight is 303 g/mol. The normalized spacial score (nSPS) is 24.9. The van der Waals surface area contributed by atoms with E-state index < -0.39 is 12.1 Å². The van der Waals surface area contributed by atoms with Crippen LogP contribution in [-0.2, 0) is 16.1 Å². The molecule has 118 valence electrons.